The van der Waals surface area contributed by atoms with Gasteiger partial charge in [0.15, 0.2) is 17.9 Å². The molecule has 0 amide bonds. The lowest BCUT2D eigenvalue weighted by atomic mass is 10.1. The second-order valence-electron chi connectivity index (χ2n) is 3.58. The number of rotatable bonds is 6. The number of methoxy groups -OCH3 is 3. The van der Waals surface area contributed by atoms with Crippen LogP contribution in [-0.4, -0.2) is 38.8 Å². The summed E-state index contributed by atoms with van der Waals surface area (Å²) in [5.41, 5.74) is 0.648. The highest BCUT2D eigenvalue weighted by Gasteiger charge is 2.18. The highest BCUT2D eigenvalue weighted by Crippen LogP contribution is 2.19. The highest BCUT2D eigenvalue weighted by molar-refractivity contribution is 5.29. The van der Waals surface area contributed by atoms with Crippen LogP contribution in [0.3, 0.4) is 0 Å². The molecule has 0 aliphatic carbocycles. The summed E-state index contributed by atoms with van der Waals surface area (Å²) in [5, 5.41) is 9.78. The Morgan fingerprint density at radius 1 is 1.24 bits per heavy atom. The van der Waals surface area contributed by atoms with Crippen LogP contribution in [0.2, 0.25) is 0 Å². The van der Waals surface area contributed by atoms with Gasteiger partial charge in [0.25, 0.3) is 0 Å². The maximum absolute atomic E-state index is 13.4. The molecule has 4 nitrogen and oxygen atoms in total. The van der Waals surface area contributed by atoms with Gasteiger partial charge >= 0.3 is 0 Å². The molecule has 1 aromatic rings. The number of aliphatic hydroxyl groups excluding tert-OH is 1. The van der Waals surface area contributed by atoms with Gasteiger partial charge in [0.1, 0.15) is 6.10 Å². The molecule has 1 N–H and O–H groups in total. The second kappa shape index (κ2) is 6.54. The van der Waals surface area contributed by atoms with E-state index in [0.29, 0.717) is 5.56 Å². The van der Waals surface area contributed by atoms with Gasteiger partial charge in [0, 0.05) is 20.6 Å². The Bertz CT molecular complexity index is 352. The van der Waals surface area contributed by atoms with Gasteiger partial charge in [-0.05, 0) is 17.7 Å². The molecular weight excluding hydrogens is 227 g/mol. The first-order valence-corrected chi connectivity index (χ1v) is 5.18. The minimum Gasteiger partial charge on any atom is -0.494 e. The van der Waals surface area contributed by atoms with Crippen molar-refractivity contribution in [3.8, 4) is 5.75 Å². The van der Waals surface area contributed by atoms with Crippen molar-refractivity contribution >= 4 is 0 Å². The Morgan fingerprint density at radius 3 is 2.35 bits per heavy atom. The molecule has 0 saturated heterocycles. The van der Waals surface area contributed by atoms with Crippen molar-refractivity contribution in [2.45, 2.75) is 18.8 Å². The molecule has 96 valence electrons. The van der Waals surface area contributed by atoms with Crippen molar-refractivity contribution in [3.05, 3.63) is 29.6 Å². The molecule has 0 heterocycles. The van der Waals surface area contributed by atoms with E-state index in [2.05, 4.69) is 0 Å². The number of halogens is 1. The van der Waals surface area contributed by atoms with Crippen molar-refractivity contribution < 1.29 is 23.7 Å². The largest absolute Gasteiger partial charge is 0.494 e. The average molecular weight is 244 g/mol. The standard InChI is InChI=1S/C12H17FO4/c1-15-11-5-4-8(6-9(11)13)7-10(14)12(16-2)17-3/h4-6,10,12,14H,7H2,1-3H3. The fourth-order valence-corrected chi connectivity index (χ4v) is 1.58. The summed E-state index contributed by atoms with van der Waals surface area (Å²) in [4.78, 5) is 0. The first-order chi connectivity index (χ1) is 8.12. The zero-order chi connectivity index (χ0) is 12.8. The third-order valence-corrected chi connectivity index (χ3v) is 2.44. The molecule has 5 heteroatoms. The lowest BCUT2D eigenvalue weighted by Crippen LogP contribution is -2.31. The van der Waals surface area contributed by atoms with Crippen molar-refractivity contribution in [3.63, 3.8) is 0 Å². The van der Waals surface area contributed by atoms with Crippen LogP contribution in [0.1, 0.15) is 5.56 Å². The molecule has 0 aliphatic rings. The van der Waals surface area contributed by atoms with E-state index in [1.165, 1.54) is 33.5 Å². The van der Waals surface area contributed by atoms with Gasteiger partial charge in [0.05, 0.1) is 7.11 Å². The van der Waals surface area contributed by atoms with Gasteiger partial charge in [-0.1, -0.05) is 6.07 Å². The summed E-state index contributed by atoms with van der Waals surface area (Å²) in [5.74, 6) is -0.276. The van der Waals surface area contributed by atoms with E-state index in [1.54, 1.807) is 6.07 Å². The van der Waals surface area contributed by atoms with E-state index in [0.717, 1.165) is 0 Å². The van der Waals surface area contributed by atoms with Crippen LogP contribution >= 0.6 is 0 Å². The molecule has 0 aliphatic heterocycles. The first-order valence-electron chi connectivity index (χ1n) is 5.18. The maximum atomic E-state index is 13.4. The normalized spacial score (nSPS) is 12.8. The third-order valence-electron chi connectivity index (χ3n) is 2.44. The van der Waals surface area contributed by atoms with E-state index >= 15 is 0 Å². The van der Waals surface area contributed by atoms with Crippen molar-refractivity contribution in [1.29, 1.82) is 0 Å². The number of benzene rings is 1. The summed E-state index contributed by atoms with van der Waals surface area (Å²) in [6, 6.07) is 4.53. The highest BCUT2D eigenvalue weighted by atomic mass is 19.1. The second-order valence-corrected chi connectivity index (χ2v) is 3.58. The summed E-state index contributed by atoms with van der Waals surface area (Å²) in [6.45, 7) is 0. The van der Waals surface area contributed by atoms with Crippen molar-refractivity contribution in [2.75, 3.05) is 21.3 Å². The van der Waals surface area contributed by atoms with Crippen LogP contribution in [0, 0.1) is 5.82 Å². The molecule has 1 aromatic carbocycles. The first kappa shape index (κ1) is 13.9. The minimum absolute atomic E-state index is 0.179. The zero-order valence-electron chi connectivity index (χ0n) is 10.1. The molecular formula is C12H17FO4. The van der Waals surface area contributed by atoms with Crippen molar-refractivity contribution in [1.82, 2.24) is 0 Å². The number of aliphatic hydroxyl groups is 1. The topological polar surface area (TPSA) is 47.9 Å². The van der Waals surface area contributed by atoms with E-state index in [1.807, 2.05) is 0 Å². The predicted octanol–water partition coefficient (Wildman–Crippen LogP) is 1.36. The lowest BCUT2D eigenvalue weighted by molar-refractivity contribution is -0.163. The van der Waals surface area contributed by atoms with Crippen LogP contribution in [0.25, 0.3) is 0 Å². The monoisotopic (exact) mass is 244 g/mol. The van der Waals surface area contributed by atoms with E-state index in [4.69, 9.17) is 14.2 Å². The Morgan fingerprint density at radius 2 is 1.88 bits per heavy atom. The summed E-state index contributed by atoms with van der Waals surface area (Å²) in [7, 11) is 4.27. The van der Waals surface area contributed by atoms with E-state index in [-0.39, 0.29) is 12.2 Å². The Hall–Kier alpha value is -1.17. The summed E-state index contributed by atoms with van der Waals surface area (Å²) < 4.78 is 28.0. The van der Waals surface area contributed by atoms with E-state index in [9.17, 15) is 9.50 Å². The molecule has 1 unspecified atom stereocenters. The van der Waals surface area contributed by atoms with Crippen LogP contribution in [-0.2, 0) is 15.9 Å². The third kappa shape index (κ3) is 3.66. The smallest absolute Gasteiger partial charge is 0.183 e. The predicted molar refractivity (Wildman–Crippen MR) is 60.5 cm³/mol. The fraction of sp³-hybridized carbons (Fsp3) is 0.500. The molecule has 0 saturated carbocycles. The number of ether oxygens (including phenoxy) is 3. The Labute approximate surface area is 99.9 Å². The minimum atomic E-state index is -0.849. The van der Waals surface area contributed by atoms with Gasteiger partial charge in [-0.2, -0.15) is 0 Å². The quantitative estimate of drug-likeness (QED) is 0.767. The van der Waals surface area contributed by atoms with Gasteiger partial charge in [-0.25, -0.2) is 4.39 Å². The van der Waals surface area contributed by atoms with Crippen LogP contribution in [0.4, 0.5) is 4.39 Å². The fourth-order valence-electron chi connectivity index (χ4n) is 1.58. The lowest BCUT2D eigenvalue weighted by Gasteiger charge is -2.20. The van der Waals surface area contributed by atoms with Crippen molar-refractivity contribution in [2.24, 2.45) is 0 Å². The molecule has 0 bridgehead atoms. The Kier molecular flexibility index (Phi) is 5.34. The van der Waals surface area contributed by atoms with Crippen LogP contribution in [0.5, 0.6) is 5.75 Å². The summed E-state index contributed by atoms with van der Waals surface area (Å²) in [6.07, 6.45) is -1.33. The Balaban J connectivity index is 2.71. The molecule has 17 heavy (non-hydrogen) atoms. The SMILES string of the molecule is COc1ccc(CC(O)C(OC)OC)cc1F. The average Bonchev–Trinajstić information content (AvgIpc) is 2.31. The van der Waals surface area contributed by atoms with Gasteiger partial charge < -0.3 is 19.3 Å². The van der Waals surface area contributed by atoms with Gasteiger partial charge in [-0.15, -0.1) is 0 Å². The zero-order valence-corrected chi connectivity index (χ0v) is 10.1. The number of hydrogen-bond acceptors (Lipinski definition) is 4. The van der Waals surface area contributed by atoms with Gasteiger partial charge in [-0.3, -0.25) is 0 Å². The number of hydrogen-bond donors (Lipinski definition) is 1. The van der Waals surface area contributed by atoms with Gasteiger partial charge in [0.2, 0.25) is 0 Å². The summed E-state index contributed by atoms with van der Waals surface area (Å²) >= 11 is 0. The molecule has 1 rings (SSSR count). The molecule has 0 fully saturated rings. The van der Waals surface area contributed by atoms with E-state index < -0.39 is 18.2 Å². The maximum Gasteiger partial charge on any atom is 0.183 e. The van der Waals surface area contributed by atoms with Crippen LogP contribution < -0.4 is 4.74 Å². The molecule has 0 spiro atoms. The molecule has 0 radical (unpaired) electrons. The van der Waals surface area contributed by atoms with Crippen LogP contribution in [0.15, 0.2) is 18.2 Å². The molecule has 1 atom stereocenters. The molecule has 0 aromatic heterocycles.